The molecular formula is C16H23N3. The van der Waals surface area contributed by atoms with Gasteiger partial charge in [0.2, 0.25) is 0 Å². The van der Waals surface area contributed by atoms with E-state index in [1.807, 2.05) is 29.1 Å². The number of rotatable bonds is 6. The zero-order valence-corrected chi connectivity index (χ0v) is 12.0. The Hall–Kier alpha value is -1.61. The number of nitrogens with zero attached hydrogens (tertiary/aromatic N) is 2. The highest BCUT2D eigenvalue weighted by Gasteiger charge is 2.11. The van der Waals surface area contributed by atoms with Crippen LogP contribution in [0.3, 0.4) is 0 Å². The largest absolute Gasteiger partial charge is 0.308 e. The van der Waals surface area contributed by atoms with Crippen molar-refractivity contribution in [1.29, 1.82) is 0 Å². The Balaban J connectivity index is 2.04. The number of hydrogen-bond acceptors (Lipinski definition) is 2. The molecule has 1 aromatic heterocycles. The minimum Gasteiger partial charge on any atom is -0.308 e. The molecule has 19 heavy (non-hydrogen) atoms. The summed E-state index contributed by atoms with van der Waals surface area (Å²) in [6.07, 6.45) is 6.47. The Morgan fingerprint density at radius 2 is 1.95 bits per heavy atom. The predicted octanol–water partition coefficient (Wildman–Crippen LogP) is 3.71. The molecule has 0 saturated carbocycles. The van der Waals surface area contributed by atoms with E-state index in [2.05, 4.69) is 49.5 Å². The van der Waals surface area contributed by atoms with Gasteiger partial charge in [-0.05, 0) is 32.4 Å². The Morgan fingerprint density at radius 3 is 2.63 bits per heavy atom. The molecule has 3 heteroatoms. The SMILES string of the molecule is CCCC(C)NC(C)c1cnn(-c2ccccc2)c1. The maximum atomic E-state index is 4.44. The average Bonchev–Trinajstić information content (AvgIpc) is 2.89. The molecule has 0 aliphatic carbocycles. The van der Waals surface area contributed by atoms with E-state index in [9.17, 15) is 0 Å². The van der Waals surface area contributed by atoms with Crippen LogP contribution < -0.4 is 5.32 Å². The molecule has 0 radical (unpaired) electrons. The number of benzene rings is 1. The third-order valence-corrected chi connectivity index (χ3v) is 3.38. The zero-order chi connectivity index (χ0) is 13.7. The first-order valence-electron chi connectivity index (χ1n) is 7.06. The minimum atomic E-state index is 0.332. The van der Waals surface area contributed by atoms with Crippen LogP contribution in [0.4, 0.5) is 0 Å². The van der Waals surface area contributed by atoms with Crippen LogP contribution in [0.5, 0.6) is 0 Å². The monoisotopic (exact) mass is 257 g/mol. The summed E-state index contributed by atoms with van der Waals surface area (Å²) in [4.78, 5) is 0. The first-order chi connectivity index (χ1) is 9.20. The van der Waals surface area contributed by atoms with Crippen molar-refractivity contribution in [2.24, 2.45) is 0 Å². The third kappa shape index (κ3) is 3.67. The van der Waals surface area contributed by atoms with Gasteiger partial charge in [0.25, 0.3) is 0 Å². The molecule has 0 fully saturated rings. The van der Waals surface area contributed by atoms with Crippen molar-refractivity contribution in [2.45, 2.75) is 45.7 Å². The summed E-state index contributed by atoms with van der Waals surface area (Å²) in [6.45, 7) is 6.65. The summed E-state index contributed by atoms with van der Waals surface area (Å²) in [5, 5.41) is 8.05. The first kappa shape index (κ1) is 13.8. The quantitative estimate of drug-likeness (QED) is 0.855. The van der Waals surface area contributed by atoms with Crippen molar-refractivity contribution < 1.29 is 0 Å². The van der Waals surface area contributed by atoms with E-state index in [4.69, 9.17) is 0 Å². The van der Waals surface area contributed by atoms with E-state index < -0.39 is 0 Å². The summed E-state index contributed by atoms with van der Waals surface area (Å²) in [6, 6.07) is 11.1. The fraction of sp³-hybridized carbons (Fsp3) is 0.438. The summed E-state index contributed by atoms with van der Waals surface area (Å²) < 4.78 is 1.93. The molecule has 2 rings (SSSR count). The Kier molecular flexibility index (Phi) is 4.74. The van der Waals surface area contributed by atoms with Gasteiger partial charge < -0.3 is 5.32 Å². The fourth-order valence-electron chi connectivity index (χ4n) is 2.32. The van der Waals surface area contributed by atoms with Gasteiger partial charge in [0.05, 0.1) is 11.9 Å². The van der Waals surface area contributed by atoms with Crippen LogP contribution in [0.1, 0.15) is 45.2 Å². The Bertz CT molecular complexity index is 490. The second-order valence-corrected chi connectivity index (χ2v) is 5.13. The smallest absolute Gasteiger partial charge is 0.0645 e. The van der Waals surface area contributed by atoms with E-state index in [0.717, 1.165) is 5.69 Å². The maximum absolute atomic E-state index is 4.44. The highest BCUT2D eigenvalue weighted by Crippen LogP contribution is 2.15. The number of para-hydroxylation sites is 1. The van der Waals surface area contributed by atoms with E-state index >= 15 is 0 Å². The normalized spacial score (nSPS) is 14.3. The highest BCUT2D eigenvalue weighted by molar-refractivity contribution is 5.31. The van der Waals surface area contributed by atoms with Crippen molar-refractivity contribution in [3.8, 4) is 5.69 Å². The van der Waals surface area contributed by atoms with Crippen LogP contribution >= 0.6 is 0 Å². The lowest BCUT2D eigenvalue weighted by molar-refractivity contribution is 0.453. The fourth-order valence-corrected chi connectivity index (χ4v) is 2.32. The molecule has 0 aliphatic rings. The van der Waals surface area contributed by atoms with Gasteiger partial charge in [0, 0.05) is 23.8 Å². The molecule has 3 nitrogen and oxygen atoms in total. The van der Waals surface area contributed by atoms with Crippen LogP contribution in [0, 0.1) is 0 Å². The molecule has 1 N–H and O–H groups in total. The molecule has 2 atom stereocenters. The maximum Gasteiger partial charge on any atom is 0.0645 e. The van der Waals surface area contributed by atoms with Crippen molar-refractivity contribution in [3.63, 3.8) is 0 Å². The van der Waals surface area contributed by atoms with Crippen LogP contribution in [0.25, 0.3) is 5.69 Å². The summed E-state index contributed by atoms with van der Waals surface area (Å²) in [5.74, 6) is 0. The van der Waals surface area contributed by atoms with Gasteiger partial charge in [-0.3, -0.25) is 0 Å². The van der Waals surface area contributed by atoms with Crippen molar-refractivity contribution in [3.05, 3.63) is 48.3 Å². The van der Waals surface area contributed by atoms with Gasteiger partial charge in [-0.1, -0.05) is 31.5 Å². The molecule has 1 heterocycles. The molecule has 0 bridgehead atoms. The number of hydrogen-bond donors (Lipinski definition) is 1. The van der Waals surface area contributed by atoms with E-state index in [0.29, 0.717) is 12.1 Å². The van der Waals surface area contributed by atoms with Gasteiger partial charge >= 0.3 is 0 Å². The molecule has 0 aliphatic heterocycles. The predicted molar refractivity (Wildman–Crippen MR) is 79.5 cm³/mol. The molecular weight excluding hydrogens is 234 g/mol. The number of nitrogens with one attached hydrogen (secondary N) is 1. The lowest BCUT2D eigenvalue weighted by Crippen LogP contribution is -2.28. The average molecular weight is 257 g/mol. The standard InChI is InChI=1S/C16H23N3/c1-4-8-13(2)18-14(3)15-11-17-19(12-15)16-9-6-5-7-10-16/h5-7,9-14,18H,4,8H2,1-3H3. The molecule has 1 aromatic carbocycles. The first-order valence-corrected chi connectivity index (χ1v) is 7.06. The van der Waals surface area contributed by atoms with Crippen LogP contribution in [-0.4, -0.2) is 15.8 Å². The molecule has 0 saturated heterocycles. The molecule has 102 valence electrons. The molecule has 0 spiro atoms. The van der Waals surface area contributed by atoms with Gasteiger partial charge in [-0.25, -0.2) is 4.68 Å². The van der Waals surface area contributed by atoms with E-state index in [1.165, 1.54) is 18.4 Å². The van der Waals surface area contributed by atoms with Gasteiger partial charge in [0.1, 0.15) is 0 Å². The Labute approximate surface area is 115 Å². The van der Waals surface area contributed by atoms with Crippen molar-refractivity contribution in [2.75, 3.05) is 0 Å². The van der Waals surface area contributed by atoms with E-state index in [-0.39, 0.29) is 0 Å². The Morgan fingerprint density at radius 1 is 1.21 bits per heavy atom. The summed E-state index contributed by atoms with van der Waals surface area (Å²) in [7, 11) is 0. The molecule has 2 unspecified atom stereocenters. The van der Waals surface area contributed by atoms with Crippen LogP contribution in [0.15, 0.2) is 42.7 Å². The molecule has 0 amide bonds. The second-order valence-electron chi connectivity index (χ2n) is 5.13. The van der Waals surface area contributed by atoms with Crippen molar-refractivity contribution >= 4 is 0 Å². The lowest BCUT2D eigenvalue weighted by Gasteiger charge is -2.18. The lowest BCUT2D eigenvalue weighted by atomic mass is 10.1. The summed E-state index contributed by atoms with van der Waals surface area (Å²) >= 11 is 0. The third-order valence-electron chi connectivity index (χ3n) is 3.38. The van der Waals surface area contributed by atoms with Crippen molar-refractivity contribution in [1.82, 2.24) is 15.1 Å². The zero-order valence-electron chi connectivity index (χ0n) is 12.0. The highest BCUT2D eigenvalue weighted by atomic mass is 15.3. The minimum absolute atomic E-state index is 0.332. The van der Waals surface area contributed by atoms with Gasteiger partial charge in [-0.15, -0.1) is 0 Å². The van der Waals surface area contributed by atoms with Crippen LogP contribution in [0.2, 0.25) is 0 Å². The summed E-state index contributed by atoms with van der Waals surface area (Å²) in [5.41, 5.74) is 2.33. The molecule has 2 aromatic rings. The number of aromatic nitrogens is 2. The van der Waals surface area contributed by atoms with E-state index in [1.54, 1.807) is 0 Å². The topological polar surface area (TPSA) is 29.9 Å². The van der Waals surface area contributed by atoms with Crippen LogP contribution in [-0.2, 0) is 0 Å². The van der Waals surface area contributed by atoms with Gasteiger partial charge in [0.15, 0.2) is 0 Å². The van der Waals surface area contributed by atoms with Gasteiger partial charge in [-0.2, -0.15) is 5.10 Å². The second kappa shape index (κ2) is 6.53.